The van der Waals surface area contributed by atoms with E-state index < -0.39 is 12.1 Å². The molecule has 38 heavy (non-hydrogen) atoms. The lowest BCUT2D eigenvalue weighted by molar-refractivity contribution is -0.125. The average molecular weight is 533 g/mol. The minimum atomic E-state index is -0.752. The number of aromatic nitrogens is 2. The van der Waals surface area contributed by atoms with Crippen LogP contribution in [0.4, 0.5) is 0 Å². The lowest BCUT2D eigenvalue weighted by Gasteiger charge is -2.28. The highest BCUT2D eigenvalue weighted by atomic mass is 16.5. The fraction of sp³-hybridized carbons (Fsp3) is 0.655. The van der Waals surface area contributed by atoms with Crippen molar-refractivity contribution >= 4 is 5.91 Å². The van der Waals surface area contributed by atoms with E-state index in [-0.39, 0.29) is 17.7 Å². The van der Waals surface area contributed by atoms with Crippen molar-refractivity contribution in [3.05, 3.63) is 42.0 Å². The molecule has 0 aliphatic carbocycles. The Morgan fingerprint density at radius 3 is 2.58 bits per heavy atom. The van der Waals surface area contributed by atoms with E-state index >= 15 is 0 Å². The van der Waals surface area contributed by atoms with Crippen molar-refractivity contribution in [1.29, 1.82) is 0 Å². The Hall–Kier alpha value is -2.62. The number of methoxy groups -OCH3 is 2. The number of aromatic amines is 1. The summed E-state index contributed by atoms with van der Waals surface area (Å²) < 4.78 is 16.5. The molecule has 0 saturated carbocycles. The molecule has 0 saturated heterocycles. The number of carbonyl (C=O) groups is 1. The number of aliphatic hydroxyl groups excluding tert-OH is 1. The van der Waals surface area contributed by atoms with Gasteiger partial charge in [0, 0.05) is 50.5 Å². The van der Waals surface area contributed by atoms with Gasteiger partial charge >= 0.3 is 0 Å². The Morgan fingerprint density at radius 1 is 1.13 bits per heavy atom. The molecule has 0 unspecified atom stereocenters. The number of nitrogens with zero attached hydrogens (tertiary/aromatic N) is 1. The summed E-state index contributed by atoms with van der Waals surface area (Å²) in [6, 6.07) is 5.60. The summed E-state index contributed by atoms with van der Waals surface area (Å²) in [5.41, 5.74) is 8.64. The molecule has 1 heterocycles. The highest BCUT2D eigenvalue weighted by Crippen LogP contribution is 2.31. The minimum absolute atomic E-state index is 0.0578. The molecule has 1 amide bonds. The number of nitrogens with one attached hydrogen (secondary N) is 2. The van der Waals surface area contributed by atoms with E-state index in [0.717, 1.165) is 42.7 Å². The highest BCUT2D eigenvalue weighted by molar-refractivity contribution is 5.78. The van der Waals surface area contributed by atoms with E-state index in [9.17, 15) is 9.90 Å². The summed E-state index contributed by atoms with van der Waals surface area (Å²) in [5.74, 6) is 1.68. The number of nitrogens with two attached hydrogens (primary N) is 1. The van der Waals surface area contributed by atoms with Crippen molar-refractivity contribution in [2.24, 2.45) is 23.5 Å². The molecular weight excluding hydrogens is 484 g/mol. The van der Waals surface area contributed by atoms with Gasteiger partial charge in [0.25, 0.3) is 0 Å². The number of H-pyrrole nitrogens is 1. The topological polar surface area (TPSA) is 132 Å². The van der Waals surface area contributed by atoms with Crippen molar-refractivity contribution in [2.45, 2.75) is 71.4 Å². The van der Waals surface area contributed by atoms with Crippen LogP contribution in [0.1, 0.15) is 57.7 Å². The molecule has 1 aromatic heterocycles. The minimum Gasteiger partial charge on any atom is -0.493 e. The number of ether oxygens (including phenoxy) is 3. The molecule has 5 N–H and O–H groups in total. The van der Waals surface area contributed by atoms with E-state index in [4.69, 9.17) is 19.9 Å². The number of aryl methyl sites for hydroxylation is 1. The number of carbonyl (C=O) groups excluding carboxylic acids is 1. The molecule has 2 rings (SSSR count). The summed E-state index contributed by atoms with van der Waals surface area (Å²) in [6.07, 6.45) is 6.94. The molecule has 9 nitrogen and oxygen atoms in total. The van der Waals surface area contributed by atoms with Gasteiger partial charge in [0.15, 0.2) is 11.5 Å². The zero-order chi connectivity index (χ0) is 27.9. The molecule has 0 bridgehead atoms. The Labute approximate surface area is 227 Å². The Balaban J connectivity index is 1.85. The van der Waals surface area contributed by atoms with E-state index in [1.54, 1.807) is 26.7 Å². The quantitative estimate of drug-likeness (QED) is 0.204. The van der Waals surface area contributed by atoms with Gasteiger partial charge in [-0.15, -0.1) is 0 Å². The molecule has 0 aliphatic rings. The van der Waals surface area contributed by atoms with Gasteiger partial charge in [-0.05, 0) is 61.6 Å². The van der Waals surface area contributed by atoms with Gasteiger partial charge in [0.05, 0.1) is 26.1 Å². The van der Waals surface area contributed by atoms with Crippen LogP contribution in [0.3, 0.4) is 0 Å². The molecule has 4 atom stereocenters. The number of amides is 1. The first-order valence-electron chi connectivity index (χ1n) is 13.7. The van der Waals surface area contributed by atoms with Gasteiger partial charge in [-0.3, -0.25) is 4.79 Å². The maximum absolute atomic E-state index is 12.5. The van der Waals surface area contributed by atoms with E-state index in [0.29, 0.717) is 44.3 Å². The molecule has 0 aliphatic heterocycles. The first kappa shape index (κ1) is 31.6. The maximum Gasteiger partial charge on any atom is 0.222 e. The van der Waals surface area contributed by atoms with Crippen molar-refractivity contribution in [1.82, 2.24) is 15.3 Å². The van der Waals surface area contributed by atoms with Gasteiger partial charge in [0.1, 0.15) is 0 Å². The second-order valence-electron chi connectivity index (χ2n) is 10.5. The monoisotopic (exact) mass is 532 g/mol. The van der Waals surface area contributed by atoms with Gasteiger partial charge < -0.3 is 35.4 Å². The van der Waals surface area contributed by atoms with Gasteiger partial charge in [-0.25, -0.2) is 4.98 Å². The molecular formula is C29H48N4O5. The molecule has 9 heteroatoms. The first-order valence-corrected chi connectivity index (χ1v) is 13.7. The predicted molar refractivity (Wildman–Crippen MR) is 149 cm³/mol. The molecule has 0 radical (unpaired) electrons. The summed E-state index contributed by atoms with van der Waals surface area (Å²) in [4.78, 5) is 19.6. The molecule has 214 valence electrons. The van der Waals surface area contributed by atoms with Gasteiger partial charge in [-0.2, -0.15) is 0 Å². The smallest absolute Gasteiger partial charge is 0.222 e. The predicted octanol–water partition coefficient (Wildman–Crippen LogP) is 3.50. The second kappa shape index (κ2) is 17.1. The number of hydrogen-bond donors (Lipinski definition) is 4. The summed E-state index contributed by atoms with van der Waals surface area (Å²) >= 11 is 0. The van der Waals surface area contributed by atoms with Crippen LogP contribution in [0.2, 0.25) is 0 Å². The second-order valence-corrected chi connectivity index (χ2v) is 10.5. The number of imidazole rings is 1. The van der Waals surface area contributed by atoms with Crippen molar-refractivity contribution in [2.75, 3.05) is 34.0 Å². The number of hydrogen-bond acceptors (Lipinski definition) is 7. The van der Waals surface area contributed by atoms with Crippen LogP contribution in [0.5, 0.6) is 11.5 Å². The van der Waals surface area contributed by atoms with Crippen molar-refractivity contribution in [3.8, 4) is 11.5 Å². The Bertz CT molecular complexity index is 922. The normalized spacial score (nSPS) is 14.6. The lowest BCUT2D eigenvalue weighted by Crippen LogP contribution is -2.41. The van der Waals surface area contributed by atoms with Gasteiger partial charge in [-0.1, -0.05) is 26.8 Å². The molecule has 1 aromatic carbocycles. The van der Waals surface area contributed by atoms with Gasteiger partial charge in [0.2, 0.25) is 5.91 Å². The Kier molecular flexibility index (Phi) is 14.2. The number of rotatable bonds is 19. The summed E-state index contributed by atoms with van der Waals surface area (Å²) in [5, 5.41) is 13.8. The van der Waals surface area contributed by atoms with Crippen molar-refractivity contribution < 1.29 is 24.1 Å². The summed E-state index contributed by atoms with van der Waals surface area (Å²) in [6.45, 7) is 7.97. The highest BCUT2D eigenvalue weighted by Gasteiger charge is 2.26. The third kappa shape index (κ3) is 11.0. The zero-order valence-electron chi connectivity index (χ0n) is 23.7. The zero-order valence-corrected chi connectivity index (χ0v) is 23.7. The van der Waals surface area contributed by atoms with Crippen LogP contribution in [0.15, 0.2) is 30.7 Å². The average Bonchev–Trinajstić information content (AvgIpc) is 3.42. The van der Waals surface area contributed by atoms with Crippen LogP contribution < -0.4 is 20.5 Å². The first-order chi connectivity index (χ1) is 18.2. The van der Waals surface area contributed by atoms with E-state index in [2.05, 4.69) is 35.2 Å². The van der Waals surface area contributed by atoms with Crippen LogP contribution >= 0.6 is 0 Å². The largest absolute Gasteiger partial charge is 0.493 e. The third-order valence-corrected chi connectivity index (χ3v) is 7.01. The molecule has 0 fully saturated rings. The molecule has 2 aromatic rings. The van der Waals surface area contributed by atoms with Crippen LogP contribution in [0, 0.1) is 17.8 Å². The van der Waals surface area contributed by atoms with Crippen LogP contribution in [-0.4, -0.2) is 67.1 Å². The molecule has 0 spiro atoms. The SMILES string of the molecule is COCCCOc1cc(C[C@@H](C[C@H](N)[C@@H](O)C[C@@H](C)C(=O)NCCCc2cnc[nH]2)C(C)C)ccc1OC. The number of aliphatic hydroxyl groups is 1. The van der Waals surface area contributed by atoms with Crippen LogP contribution in [0.25, 0.3) is 0 Å². The summed E-state index contributed by atoms with van der Waals surface area (Å²) in [7, 11) is 3.31. The van der Waals surface area contributed by atoms with E-state index in [1.165, 1.54) is 0 Å². The maximum atomic E-state index is 12.5. The standard InChI is InChI=1S/C29H48N4O5/c1-20(2)23(15-22-9-10-27(37-5)28(16-22)38-13-7-12-36-4)17-25(30)26(34)14-21(3)29(35)32-11-6-8-24-18-31-19-33-24/h9-10,16,18-21,23,25-26,34H,6-8,11-15,17,30H2,1-5H3,(H,31,33)(H,32,35)/t21-,23+,25+,26+/m1/s1. The van der Waals surface area contributed by atoms with E-state index in [1.807, 2.05) is 19.1 Å². The Morgan fingerprint density at radius 2 is 1.92 bits per heavy atom. The van der Waals surface area contributed by atoms with Crippen LogP contribution in [-0.2, 0) is 22.4 Å². The lowest BCUT2D eigenvalue weighted by atomic mass is 9.82. The fourth-order valence-electron chi connectivity index (χ4n) is 4.48. The fourth-order valence-corrected chi connectivity index (χ4v) is 4.48. The third-order valence-electron chi connectivity index (χ3n) is 7.01. The van der Waals surface area contributed by atoms with Crippen molar-refractivity contribution in [3.63, 3.8) is 0 Å². The number of benzene rings is 1.